The number of aryl methyl sites for hydroxylation is 2. The summed E-state index contributed by atoms with van der Waals surface area (Å²) in [5.74, 6) is 0.0108. The van der Waals surface area contributed by atoms with Gasteiger partial charge in [-0.2, -0.15) is 0 Å². The van der Waals surface area contributed by atoms with Crippen molar-refractivity contribution in [2.75, 3.05) is 18.9 Å². The Hall–Kier alpha value is -2.13. The van der Waals surface area contributed by atoms with Crippen LogP contribution in [0, 0.1) is 13.8 Å². The van der Waals surface area contributed by atoms with Crippen molar-refractivity contribution in [2.45, 2.75) is 20.4 Å². The van der Waals surface area contributed by atoms with Crippen LogP contribution in [0.1, 0.15) is 16.7 Å². The molecular weight excluding hydrogens is 260 g/mol. The highest BCUT2D eigenvalue weighted by atomic mass is 16.2. The summed E-state index contributed by atoms with van der Waals surface area (Å²) in [7, 11) is 1.96. The van der Waals surface area contributed by atoms with Crippen LogP contribution in [-0.2, 0) is 11.3 Å². The average Bonchev–Trinajstić information content (AvgIpc) is 2.41. The van der Waals surface area contributed by atoms with Crippen molar-refractivity contribution in [1.29, 1.82) is 0 Å². The number of nitrogens with zero attached hydrogens (tertiary/aromatic N) is 1. The molecule has 0 aliphatic rings. The number of hydrogen-bond acceptors (Lipinski definition) is 2. The van der Waals surface area contributed by atoms with Gasteiger partial charge in [-0.05, 0) is 49.7 Å². The standard InChI is InChI=1S/C18H22N2O/c1-14-7-6-10-17(11-14)19-18(21)13-20(3)12-16-9-5-4-8-15(16)2/h4-11H,12-13H2,1-3H3,(H,19,21). The van der Waals surface area contributed by atoms with Crippen molar-refractivity contribution in [3.8, 4) is 0 Å². The maximum atomic E-state index is 12.1. The van der Waals surface area contributed by atoms with Crippen molar-refractivity contribution in [1.82, 2.24) is 4.90 Å². The van der Waals surface area contributed by atoms with E-state index in [0.717, 1.165) is 17.8 Å². The molecule has 0 bridgehead atoms. The van der Waals surface area contributed by atoms with E-state index >= 15 is 0 Å². The van der Waals surface area contributed by atoms with Crippen molar-refractivity contribution < 1.29 is 4.79 Å². The van der Waals surface area contributed by atoms with Crippen LogP contribution in [0.4, 0.5) is 5.69 Å². The van der Waals surface area contributed by atoms with Crippen LogP contribution in [0.15, 0.2) is 48.5 Å². The Morgan fingerprint density at radius 3 is 2.57 bits per heavy atom. The SMILES string of the molecule is Cc1cccc(NC(=O)CN(C)Cc2ccccc2C)c1. The maximum Gasteiger partial charge on any atom is 0.238 e. The fraction of sp³-hybridized carbons (Fsp3) is 0.278. The van der Waals surface area contributed by atoms with Crippen LogP contribution in [0.3, 0.4) is 0 Å². The molecule has 0 aromatic heterocycles. The molecule has 21 heavy (non-hydrogen) atoms. The number of likely N-dealkylation sites (N-methyl/N-ethyl adjacent to an activating group) is 1. The van der Waals surface area contributed by atoms with E-state index in [0.29, 0.717) is 6.54 Å². The van der Waals surface area contributed by atoms with E-state index in [4.69, 9.17) is 0 Å². The summed E-state index contributed by atoms with van der Waals surface area (Å²) in [6, 6.07) is 16.1. The zero-order valence-corrected chi connectivity index (χ0v) is 12.9. The van der Waals surface area contributed by atoms with Crippen LogP contribution >= 0.6 is 0 Å². The van der Waals surface area contributed by atoms with E-state index in [1.807, 2.05) is 55.3 Å². The lowest BCUT2D eigenvalue weighted by atomic mass is 10.1. The Morgan fingerprint density at radius 1 is 1.10 bits per heavy atom. The van der Waals surface area contributed by atoms with E-state index < -0.39 is 0 Å². The summed E-state index contributed by atoms with van der Waals surface area (Å²) in [5, 5.41) is 2.93. The quantitative estimate of drug-likeness (QED) is 0.912. The van der Waals surface area contributed by atoms with Crippen molar-refractivity contribution in [3.63, 3.8) is 0 Å². The molecule has 0 atom stereocenters. The number of benzene rings is 2. The van der Waals surface area contributed by atoms with Crippen LogP contribution < -0.4 is 5.32 Å². The zero-order valence-electron chi connectivity index (χ0n) is 12.9. The summed E-state index contributed by atoms with van der Waals surface area (Å²) in [5.41, 5.74) is 4.50. The summed E-state index contributed by atoms with van der Waals surface area (Å²) < 4.78 is 0. The molecule has 0 aliphatic carbocycles. The molecule has 0 aliphatic heterocycles. The summed E-state index contributed by atoms with van der Waals surface area (Å²) in [6.07, 6.45) is 0. The second-order valence-electron chi connectivity index (χ2n) is 5.52. The van der Waals surface area contributed by atoms with Gasteiger partial charge in [0.25, 0.3) is 0 Å². The molecule has 0 saturated carbocycles. The Bertz CT molecular complexity index is 622. The monoisotopic (exact) mass is 282 g/mol. The molecule has 2 aromatic rings. The van der Waals surface area contributed by atoms with E-state index in [1.54, 1.807) is 0 Å². The highest BCUT2D eigenvalue weighted by molar-refractivity contribution is 5.92. The molecular formula is C18H22N2O. The third-order valence-corrected chi connectivity index (χ3v) is 3.42. The van der Waals surface area contributed by atoms with Gasteiger partial charge in [0.05, 0.1) is 6.54 Å². The Kier molecular flexibility index (Phi) is 5.12. The van der Waals surface area contributed by atoms with E-state index in [2.05, 4.69) is 24.4 Å². The zero-order chi connectivity index (χ0) is 15.2. The first kappa shape index (κ1) is 15.3. The van der Waals surface area contributed by atoms with Crippen LogP contribution in [0.5, 0.6) is 0 Å². The fourth-order valence-electron chi connectivity index (χ4n) is 2.30. The van der Waals surface area contributed by atoms with Gasteiger partial charge in [-0.25, -0.2) is 0 Å². The number of hydrogen-bond donors (Lipinski definition) is 1. The Balaban J connectivity index is 1.89. The molecule has 0 saturated heterocycles. The molecule has 110 valence electrons. The second kappa shape index (κ2) is 7.04. The van der Waals surface area contributed by atoms with Crippen LogP contribution in [-0.4, -0.2) is 24.4 Å². The summed E-state index contributed by atoms with van der Waals surface area (Å²) in [4.78, 5) is 14.1. The van der Waals surface area contributed by atoms with Crippen molar-refractivity contribution in [3.05, 3.63) is 65.2 Å². The first-order chi connectivity index (χ1) is 10.0. The summed E-state index contributed by atoms with van der Waals surface area (Å²) >= 11 is 0. The molecule has 0 radical (unpaired) electrons. The third-order valence-electron chi connectivity index (χ3n) is 3.42. The minimum absolute atomic E-state index is 0.0108. The first-order valence-electron chi connectivity index (χ1n) is 7.14. The molecule has 0 heterocycles. The van der Waals surface area contributed by atoms with Crippen LogP contribution in [0.2, 0.25) is 0 Å². The third kappa shape index (κ3) is 4.72. The number of carbonyl (C=O) groups excluding carboxylic acids is 1. The molecule has 3 heteroatoms. The normalized spacial score (nSPS) is 10.7. The topological polar surface area (TPSA) is 32.3 Å². The molecule has 3 nitrogen and oxygen atoms in total. The molecule has 2 aromatic carbocycles. The molecule has 0 fully saturated rings. The number of rotatable bonds is 5. The van der Waals surface area contributed by atoms with Gasteiger partial charge in [-0.3, -0.25) is 9.69 Å². The fourth-order valence-corrected chi connectivity index (χ4v) is 2.30. The Morgan fingerprint density at radius 2 is 1.86 bits per heavy atom. The van der Waals surface area contributed by atoms with Crippen LogP contribution in [0.25, 0.3) is 0 Å². The van der Waals surface area contributed by atoms with Gasteiger partial charge in [0.2, 0.25) is 5.91 Å². The number of amides is 1. The van der Waals surface area contributed by atoms with Gasteiger partial charge < -0.3 is 5.32 Å². The lowest BCUT2D eigenvalue weighted by molar-refractivity contribution is -0.117. The largest absolute Gasteiger partial charge is 0.325 e. The minimum atomic E-state index is 0.0108. The van der Waals surface area contributed by atoms with Gasteiger partial charge >= 0.3 is 0 Å². The van der Waals surface area contributed by atoms with Crippen molar-refractivity contribution >= 4 is 11.6 Å². The van der Waals surface area contributed by atoms with Gasteiger partial charge in [-0.1, -0.05) is 36.4 Å². The molecule has 2 rings (SSSR count). The predicted molar refractivity (Wildman–Crippen MR) is 87.3 cm³/mol. The lowest BCUT2D eigenvalue weighted by Crippen LogP contribution is -2.30. The summed E-state index contributed by atoms with van der Waals surface area (Å²) in [6.45, 7) is 5.26. The highest BCUT2D eigenvalue weighted by Gasteiger charge is 2.08. The van der Waals surface area contributed by atoms with E-state index in [9.17, 15) is 4.79 Å². The predicted octanol–water partition coefficient (Wildman–Crippen LogP) is 3.37. The molecule has 1 N–H and O–H groups in total. The van der Waals surface area contributed by atoms with Gasteiger partial charge in [0.15, 0.2) is 0 Å². The smallest absolute Gasteiger partial charge is 0.238 e. The number of anilines is 1. The maximum absolute atomic E-state index is 12.1. The van der Waals surface area contributed by atoms with Gasteiger partial charge in [0.1, 0.15) is 0 Å². The molecule has 0 unspecified atom stereocenters. The second-order valence-corrected chi connectivity index (χ2v) is 5.52. The first-order valence-corrected chi connectivity index (χ1v) is 7.14. The minimum Gasteiger partial charge on any atom is -0.325 e. The Labute approximate surface area is 126 Å². The average molecular weight is 282 g/mol. The molecule has 0 spiro atoms. The lowest BCUT2D eigenvalue weighted by Gasteiger charge is -2.17. The highest BCUT2D eigenvalue weighted by Crippen LogP contribution is 2.11. The number of carbonyl (C=O) groups is 1. The van der Waals surface area contributed by atoms with E-state index in [1.165, 1.54) is 11.1 Å². The van der Waals surface area contributed by atoms with Crippen molar-refractivity contribution in [2.24, 2.45) is 0 Å². The van der Waals surface area contributed by atoms with E-state index in [-0.39, 0.29) is 5.91 Å². The molecule has 1 amide bonds. The van der Waals surface area contributed by atoms with Gasteiger partial charge in [0, 0.05) is 12.2 Å². The number of nitrogens with one attached hydrogen (secondary N) is 1. The van der Waals surface area contributed by atoms with Gasteiger partial charge in [-0.15, -0.1) is 0 Å².